The molecule has 23 heavy (non-hydrogen) atoms. The van der Waals surface area contributed by atoms with E-state index in [1.54, 1.807) is 34.9 Å². The van der Waals surface area contributed by atoms with E-state index in [0.717, 1.165) is 11.3 Å². The number of imidazole rings is 1. The van der Waals surface area contributed by atoms with E-state index in [4.69, 9.17) is 9.47 Å². The van der Waals surface area contributed by atoms with Crippen molar-refractivity contribution in [3.8, 4) is 11.5 Å². The van der Waals surface area contributed by atoms with E-state index >= 15 is 0 Å². The summed E-state index contributed by atoms with van der Waals surface area (Å²) in [7, 11) is 0. The molecule has 0 fully saturated rings. The first kappa shape index (κ1) is 14.9. The monoisotopic (exact) mass is 311 g/mol. The van der Waals surface area contributed by atoms with Crippen molar-refractivity contribution in [1.29, 1.82) is 0 Å². The van der Waals surface area contributed by atoms with Crippen molar-refractivity contribution in [2.75, 3.05) is 18.5 Å². The zero-order chi connectivity index (χ0) is 16.1. The van der Waals surface area contributed by atoms with Crippen LogP contribution in [0.2, 0.25) is 0 Å². The summed E-state index contributed by atoms with van der Waals surface area (Å²) in [5.74, 6) is 1.58. The number of benzene rings is 1. The number of nitrogens with one attached hydrogen (secondary N) is 1. The standard InChI is InChI=1S/C17H17N3O3/c1-2-22-14-6-8-15(9-7-14)23-12-16(21)19-17-18-11-13-5-3-4-10-20(13)17/h3-11H,2,12H2,1H3,(H,18,19,21). The molecule has 3 rings (SSSR count). The Morgan fingerprint density at radius 2 is 1.87 bits per heavy atom. The van der Waals surface area contributed by atoms with E-state index in [1.807, 2.05) is 31.3 Å². The first-order valence-electron chi connectivity index (χ1n) is 7.34. The summed E-state index contributed by atoms with van der Waals surface area (Å²) in [6.45, 7) is 2.45. The lowest BCUT2D eigenvalue weighted by Crippen LogP contribution is -2.21. The third kappa shape index (κ3) is 3.60. The molecular formula is C17H17N3O3. The molecule has 1 amide bonds. The number of anilines is 1. The number of hydrogen-bond donors (Lipinski definition) is 1. The van der Waals surface area contributed by atoms with E-state index in [2.05, 4.69) is 10.3 Å². The third-order valence-corrected chi connectivity index (χ3v) is 3.19. The third-order valence-electron chi connectivity index (χ3n) is 3.19. The first-order chi connectivity index (χ1) is 11.3. The minimum atomic E-state index is -0.268. The number of carbonyl (C=O) groups excluding carboxylic acids is 1. The van der Waals surface area contributed by atoms with Gasteiger partial charge in [0, 0.05) is 6.20 Å². The van der Waals surface area contributed by atoms with E-state index in [1.165, 1.54) is 0 Å². The fourth-order valence-electron chi connectivity index (χ4n) is 2.14. The Hall–Kier alpha value is -3.02. The number of amides is 1. The van der Waals surface area contributed by atoms with Crippen LogP contribution in [0.3, 0.4) is 0 Å². The highest BCUT2D eigenvalue weighted by Crippen LogP contribution is 2.17. The molecule has 0 aliphatic heterocycles. The molecule has 0 radical (unpaired) electrons. The fourth-order valence-corrected chi connectivity index (χ4v) is 2.14. The summed E-state index contributed by atoms with van der Waals surface area (Å²) in [4.78, 5) is 16.2. The highest BCUT2D eigenvalue weighted by Gasteiger charge is 2.08. The predicted molar refractivity (Wildman–Crippen MR) is 86.9 cm³/mol. The Morgan fingerprint density at radius 1 is 1.13 bits per heavy atom. The smallest absolute Gasteiger partial charge is 0.264 e. The van der Waals surface area contributed by atoms with E-state index in [9.17, 15) is 4.79 Å². The summed E-state index contributed by atoms with van der Waals surface area (Å²) < 4.78 is 12.6. The second kappa shape index (κ2) is 6.83. The average Bonchev–Trinajstić information content (AvgIpc) is 2.98. The van der Waals surface area contributed by atoms with Crippen molar-refractivity contribution in [3.05, 3.63) is 54.9 Å². The van der Waals surface area contributed by atoms with Crippen LogP contribution in [0.15, 0.2) is 54.9 Å². The summed E-state index contributed by atoms with van der Waals surface area (Å²) in [6, 6.07) is 12.8. The zero-order valence-corrected chi connectivity index (χ0v) is 12.7. The summed E-state index contributed by atoms with van der Waals surface area (Å²) in [5, 5.41) is 2.73. The topological polar surface area (TPSA) is 64.9 Å². The molecule has 0 bridgehead atoms. The van der Waals surface area contributed by atoms with Gasteiger partial charge in [-0.15, -0.1) is 0 Å². The quantitative estimate of drug-likeness (QED) is 0.760. The van der Waals surface area contributed by atoms with Gasteiger partial charge in [0.1, 0.15) is 11.5 Å². The molecule has 0 aliphatic rings. The van der Waals surface area contributed by atoms with Crippen LogP contribution in [-0.2, 0) is 4.79 Å². The second-order valence-electron chi connectivity index (χ2n) is 4.82. The fraction of sp³-hybridized carbons (Fsp3) is 0.176. The molecular weight excluding hydrogens is 294 g/mol. The largest absolute Gasteiger partial charge is 0.494 e. The van der Waals surface area contributed by atoms with Crippen molar-refractivity contribution >= 4 is 17.4 Å². The first-order valence-corrected chi connectivity index (χ1v) is 7.34. The molecule has 1 N–H and O–H groups in total. The lowest BCUT2D eigenvalue weighted by Gasteiger charge is -2.08. The van der Waals surface area contributed by atoms with Crippen molar-refractivity contribution in [1.82, 2.24) is 9.38 Å². The van der Waals surface area contributed by atoms with Crippen LogP contribution >= 0.6 is 0 Å². The number of hydrogen-bond acceptors (Lipinski definition) is 4. The van der Waals surface area contributed by atoms with Crippen LogP contribution in [0.25, 0.3) is 5.52 Å². The Morgan fingerprint density at radius 3 is 2.61 bits per heavy atom. The molecule has 118 valence electrons. The van der Waals surface area contributed by atoms with E-state index in [-0.39, 0.29) is 12.5 Å². The number of pyridine rings is 1. The van der Waals surface area contributed by atoms with Gasteiger partial charge in [0.2, 0.25) is 5.95 Å². The number of ether oxygens (including phenoxy) is 2. The van der Waals surface area contributed by atoms with Gasteiger partial charge in [0.05, 0.1) is 18.3 Å². The molecule has 6 nitrogen and oxygen atoms in total. The van der Waals surface area contributed by atoms with Gasteiger partial charge >= 0.3 is 0 Å². The molecule has 0 saturated carbocycles. The number of aromatic nitrogens is 2. The number of nitrogens with zero attached hydrogens (tertiary/aromatic N) is 2. The minimum Gasteiger partial charge on any atom is -0.494 e. The molecule has 2 heterocycles. The van der Waals surface area contributed by atoms with Crippen molar-refractivity contribution in [2.24, 2.45) is 0 Å². The maximum Gasteiger partial charge on any atom is 0.264 e. The molecule has 1 aromatic carbocycles. The van der Waals surface area contributed by atoms with Gasteiger partial charge < -0.3 is 9.47 Å². The van der Waals surface area contributed by atoms with Crippen LogP contribution in [0.4, 0.5) is 5.95 Å². The number of rotatable bonds is 6. The zero-order valence-electron chi connectivity index (χ0n) is 12.7. The van der Waals surface area contributed by atoms with Gasteiger partial charge in [-0.3, -0.25) is 14.5 Å². The summed E-state index contributed by atoms with van der Waals surface area (Å²) in [5.41, 5.74) is 0.912. The maximum absolute atomic E-state index is 12.0. The second-order valence-corrected chi connectivity index (χ2v) is 4.82. The van der Waals surface area contributed by atoms with Crippen molar-refractivity contribution in [3.63, 3.8) is 0 Å². The lowest BCUT2D eigenvalue weighted by atomic mass is 10.3. The Balaban J connectivity index is 1.57. The van der Waals surface area contributed by atoms with E-state index in [0.29, 0.717) is 18.3 Å². The summed E-state index contributed by atoms with van der Waals surface area (Å²) in [6.07, 6.45) is 3.54. The molecule has 2 aromatic heterocycles. The maximum atomic E-state index is 12.0. The van der Waals surface area contributed by atoms with Crippen LogP contribution in [-0.4, -0.2) is 28.5 Å². The number of fused-ring (bicyclic) bond motifs is 1. The van der Waals surface area contributed by atoms with Gasteiger partial charge in [-0.25, -0.2) is 4.98 Å². The highest BCUT2D eigenvalue weighted by atomic mass is 16.5. The normalized spacial score (nSPS) is 10.5. The minimum absolute atomic E-state index is 0.0876. The average molecular weight is 311 g/mol. The van der Waals surface area contributed by atoms with Crippen LogP contribution < -0.4 is 14.8 Å². The molecule has 0 unspecified atom stereocenters. The van der Waals surface area contributed by atoms with Crippen LogP contribution in [0.1, 0.15) is 6.92 Å². The lowest BCUT2D eigenvalue weighted by molar-refractivity contribution is -0.118. The SMILES string of the molecule is CCOc1ccc(OCC(=O)Nc2ncc3ccccn23)cc1. The Labute approximate surface area is 133 Å². The van der Waals surface area contributed by atoms with Crippen LogP contribution in [0.5, 0.6) is 11.5 Å². The molecule has 6 heteroatoms. The van der Waals surface area contributed by atoms with Crippen molar-refractivity contribution in [2.45, 2.75) is 6.92 Å². The van der Waals surface area contributed by atoms with E-state index < -0.39 is 0 Å². The molecule has 0 atom stereocenters. The molecule has 3 aromatic rings. The van der Waals surface area contributed by atoms with Gasteiger partial charge in [0.25, 0.3) is 5.91 Å². The van der Waals surface area contributed by atoms with Gasteiger partial charge in [-0.2, -0.15) is 0 Å². The Kier molecular flexibility index (Phi) is 4.42. The van der Waals surface area contributed by atoms with Gasteiger partial charge in [-0.1, -0.05) is 6.07 Å². The highest BCUT2D eigenvalue weighted by molar-refractivity contribution is 5.90. The molecule has 0 aliphatic carbocycles. The van der Waals surface area contributed by atoms with Gasteiger partial charge in [-0.05, 0) is 43.3 Å². The van der Waals surface area contributed by atoms with Crippen LogP contribution in [0, 0.1) is 0 Å². The molecule has 0 saturated heterocycles. The predicted octanol–water partition coefficient (Wildman–Crippen LogP) is 2.75. The Bertz CT molecular complexity index is 796. The molecule has 0 spiro atoms. The summed E-state index contributed by atoms with van der Waals surface area (Å²) >= 11 is 0. The number of carbonyl (C=O) groups is 1. The van der Waals surface area contributed by atoms with Gasteiger partial charge in [0.15, 0.2) is 6.61 Å². The van der Waals surface area contributed by atoms with Crippen molar-refractivity contribution < 1.29 is 14.3 Å².